The number of carbonyl (C=O) groups is 1. The van der Waals surface area contributed by atoms with Crippen LogP contribution >= 0.6 is 27.3 Å². The molecule has 0 saturated heterocycles. The second kappa shape index (κ2) is 6.73. The number of nitrogens with one attached hydrogen (secondary N) is 1. The molecular formula is C14H15BrN2OS. The van der Waals surface area contributed by atoms with E-state index in [0.717, 1.165) is 23.0 Å². The van der Waals surface area contributed by atoms with E-state index in [1.54, 1.807) is 17.4 Å². The van der Waals surface area contributed by atoms with Gasteiger partial charge < -0.3 is 11.1 Å². The van der Waals surface area contributed by atoms with Crippen LogP contribution in [0.5, 0.6) is 0 Å². The number of nitrogens with two attached hydrogens (primary N) is 1. The average molecular weight is 339 g/mol. The summed E-state index contributed by atoms with van der Waals surface area (Å²) < 4.78 is 0.836. The molecule has 0 aliphatic heterocycles. The summed E-state index contributed by atoms with van der Waals surface area (Å²) in [6.45, 7) is 0. The van der Waals surface area contributed by atoms with Gasteiger partial charge >= 0.3 is 0 Å². The van der Waals surface area contributed by atoms with E-state index >= 15 is 0 Å². The smallest absolute Gasteiger partial charge is 0.224 e. The van der Waals surface area contributed by atoms with Gasteiger partial charge in [-0.25, -0.2) is 0 Å². The minimum absolute atomic E-state index is 0.0262. The number of benzene rings is 1. The van der Waals surface area contributed by atoms with E-state index in [-0.39, 0.29) is 5.91 Å². The largest absolute Gasteiger partial charge is 0.398 e. The lowest BCUT2D eigenvalue weighted by Gasteiger charge is -2.06. The molecule has 0 fully saturated rings. The molecule has 0 bridgehead atoms. The fraction of sp³-hybridized carbons (Fsp3) is 0.214. The number of rotatable bonds is 5. The molecule has 3 N–H and O–H groups in total. The highest BCUT2D eigenvalue weighted by Crippen LogP contribution is 2.23. The van der Waals surface area contributed by atoms with Gasteiger partial charge in [0.25, 0.3) is 0 Å². The molecule has 3 nitrogen and oxygen atoms in total. The predicted molar refractivity (Wildman–Crippen MR) is 84.4 cm³/mol. The van der Waals surface area contributed by atoms with Crippen LogP contribution in [0.25, 0.3) is 0 Å². The number of halogens is 1. The Morgan fingerprint density at radius 2 is 2.21 bits per heavy atom. The maximum atomic E-state index is 11.8. The maximum absolute atomic E-state index is 11.8. The van der Waals surface area contributed by atoms with Gasteiger partial charge in [-0.3, -0.25) is 4.79 Å². The van der Waals surface area contributed by atoms with Crippen molar-refractivity contribution in [2.45, 2.75) is 19.3 Å². The molecule has 1 amide bonds. The number of amides is 1. The van der Waals surface area contributed by atoms with Crippen molar-refractivity contribution in [3.63, 3.8) is 0 Å². The number of carbonyl (C=O) groups excluding carboxylic acids is 1. The van der Waals surface area contributed by atoms with Crippen LogP contribution in [0, 0.1) is 0 Å². The van der Waals surface area contributed by atoms with Crippen LogP contribution in [0.3, 0.4) is 0 Å². The highest BCUT2D eigenvalue weighted by atomic mass is 79.9. The molecule has 19 heavy (non-hydrogen) atoms. The molecule has 0 aliphatic rings. The normalized spacial score (nSPS) is 10.4. The summed E-state index contributed by atoms with van der Waals surface area (Å²) in [5, 5.41) is 4.91. The van der Waals surface area contributed by atoms with Gasteiger partial charge in [-0.2, -0.15) is 0 Å². The Morgan fingerprint density at radius 1 is 1.37 bits per heavy atom. The van der Waals surface area contributed by atoms with Crippen LogP contribution in [0.15, 0.2) is 40.2 Å². The van der Waals surface area contributed by atoms with Crippen LogP contribution in [0.1, 0.15) is 17.7 Å². The van der Waals surface area contributed by atoms with Crippen molar-refractivity contribution in [2.75, 3.05) is 11.1 Å². The molecule has 0 unspecified atom stereocenters. The van der Waals surface area contributed by atoms with Crippen LogP contribution in [0.2, 0.25) is 0 Å². The Labute approximate surface area is 125 Å². The van der Waals surface area contributed by atoms with Gasteiger partial charge in [0.15, 0.2) is 0 Å². The number of nitrogen functional groups attached to an aromatic ring is 1. The lowest BCUT2D eigenvalue weighted by molar-refractivity contribution is -0.116. The maximum Gasteiger partial charge on any atom is 0.224 e. The first-order valence-corrected chi connectivity index (χ1v) is 7.69. The van der Waals surface area contributed by atoms with Crippen molar-refractivity contribution in [3.8, 4) is 0 Å². The van der Waals surface area contributed by atoms with E-state index in [0.29, 0.717) is 12.1 Å². The van der Waals surface area contributed by atoms with Crippen molar-refractivity contribution in [1.29, 1.82) is 0 Å². The van der Waals surface area contributed by atoms with Crippen molar-refractivity contribution < 1.29 is 4.79 Å². The van der Waals surface area contributed by atoms with Gasteiger partial charge in [0.1, 0.15) is 0 Å². The van der Waals surface area contributed by atoms with Crippen molar-refractivity contribution in [1.82, 2.24) is 0 Å². The highest BCUT2D eigenvalue weighted by Gasteiger charge is 2.04. The molecule has 0 atom stereocenters. The molecule has 1 aromatic carbocycles. The molecule has 0 radical (unpaired) electrons. The number of thiophene rings is 1. The van der Waals surface area contributed by atoms with Crippen LogP contribution in [0.4, 0.5) is 11.4 Å². The molecule has 0 aliphatic carbocycles. The molecule has 0 spiro atoms. The van der Waals surface area contributed by atoms with Gasteiger partial charge in [0.2, 0.25) is 5.91 Å². The summed E-state index contributed by atoms with van der Waals surface area (Å²) >= 11 is 5.05. The van der Waals surface area contributed by atoms with Gasteiger partial charge in [0, 0.05) is 27.1 Å². The minimum Gasteiger partial charge on any atom is -0.398 e. The fourth-order valence-corrected chi connectivity index (χ4v) is 2.72. The van der Waals surface area contributed by atoms with Crippen molar-refractivity contribution in [3.05, 3.63) is 45.1 Å². The van der Waals surface area contributed by atoms with Crippen LogP contribution in [-0.2, 0) is 11.2 Å². The fourth-order valence-electron chi connectivity index (χ4n) is 1.72. The van der Waals surface area contributed by atoms with Gasteiger partial charge in [0.05, 0.1) is 0 Å². The third kappa shape index (κ3) is 4.36. The van der Waals surface area contributed by atoms with Crippen LogP contribution < -0.4 is 11.1 Å². The van der Waals surface area contributed by atoms with Crippen molar-refractivity contribution >= 4 is 44.5 Å². The summed E-state index contributed by atoms with van der Waals surface area (Å²) in [6.07, 6.45) is 2.33. The Morgan fingerprint density at radius 3 is 2.89 bits per heavy atom. The molecule has 0 saturated carbocycles. The molecule has 100 valence electrons. The summed E-state index contributed by atoms with van der Waals surface area (Å²) in [6, 6.07) is 9.54. The Kier molecular flexibility index (Phi) is 4.99. The monoisotopic (exact) mass is 338 g/mol. The molecule has 1 aromatic heterocycles. The average Bonchev–Trinajstić information content (AvgIpc) is 2.87. The SMILES string of the molecule is Nc1cc(NC(=O)CCCc2cccs2)ccc1Br. The molecule has 5 heteroatoms. The standard InChI is InChI=1S/C14H15BrN2OS/c15-12-7-6-10(9-13(12)16)17-14(18)5-1-3-11-4-2-8-19-11/h2,4,6-9H,1,3,5,16H2,(H,17,18). The first kappa shape index (κ1) is 14.1. The number of aryl methyl sites for hydroxylation is 1. The van der Waals surface area contributed by atoms with Gasteiger partial charge in [-0.15, -0.1) is 11.3 Å². The minimum atomic E-state index is 0.0262. The van der Waals surface area contributed by atoms with Crippen molar-refractivity contribution in [2.24, 2.45) is 0 Å². The Hall–Kier alpha value is -1.33. The molecule has 2 rings (SSSR count). The van der Waals surface area contributed by atoms with E-state index in [1.807, 2.05) is 18.2 Å². The molecule has 1 heterocycles. The zero-order chi connectivity index (χ0) is 13.7. The first-order chi connectivity index (χ1) is 9.15. The van der Waals surface area contributed by atoms with E-state index in [4.69, 9.17) is 5.73 Å². The Bertz CT molecular complexity index is 555. The number of anilines is 2. The van der Waals surface area contributed by atoms with Gasteiger partial charge in [-0.05, 0) is 58.4 Å². The van der Waals surface area contributed by atoms with E-state index in [9.17, 15) is 4.79 Å². The summed E-state index contributed by atoms with van der Waals surface area (Å²) in [4.78, 5) is 13.1. The molecule has 2 aromatic rings. The van der Waals surface area contributed by atoms with Gasteiger partial charge in [-0.1, -0.05) is 6.07 Å². The summed E-state index contributed by atoms with van der Waals surface area (Å²) in [5.41, 5.74) is 7.12. The Balaban J connectivity index is 1.79. The predicted octanol–water partition coefficient (Wildman–Crippen LogP) is 4.05. The quantitative estimate of drug-likeness (QED) is 0.808. The van der Waals surface area contributed by atoms with E-state index < -0.39 is 0 Å². The van der Waals surface area contributed by atoms with E-state index in [2.05, 4.69) is 32.7 Å². The van der Waals surface area contributed by atoms with Crippen LogP contribution in [-0.4, -0.2) is 5.91 Å². The number of hydrogen-bond donors (Lipinski definition) is 2. The molecular weight excluding hydrogens is 324 g/mol. The first-order valence-electron chi connectivity index (χ1n) is 6.02. The lowest BCUT2D eigenvalue weighted by Crippen LogP contribution is -2.11. The van der Waals surface area contributed by atoms with E-state index in [1.165, 1.54) is 4.88 Å². The summed E-state index contributed by atoms with van der Waals surface area (Å²) in [7, 11) is 0. The number of hydrogen-bond acceptors (Lipinski definition) is 3. The zero-order valence-electron chi connectivity index (χ0n) is 10.4. The zero-order valence-corrected chi connectivity index (χ0v) is 12.8. The second-order valence-corrected chi connectivity index (χ2v) is 6.10. The summed E-state index contributed by atoms with van der Waals surface area (Å²) in [5.74, 6) is 0.0262. The third-order valence-corrected chi connectivity index (χ3v) is 4.35. The lowest BCUT2D eigenvalue weighted by atomic mass is 10.2. The topological polar surface area (TPSA) is 55.1 Å². The second-order valence-electron chi connectivity index (χ2n) is 4.22. The third-order valence-electron chi connectivity index (χ3n) is 2.69. The highest BCUT2D eigenvalue weighted by molar-refractivity contribution is 9.10.